The van der Waals surface area contributed by atoms with Crippen molar-refractivity contribution >= 4 is 0 Å². The van der Waals surface area contributed by atoms with Crippen LogP contribution in [0.15, 0.2) is 12.3 Å². The predicted octanol–water partition coefficient (Wildman–Crippen LogP) is 1.98. The minimum Gasteiger partial charge on any atom is -0.288 e. The third kappa shape index (κ3) is 2.25. The van der Waals surface area contributed by atoms with Gasteiger partial charge in [0.15, 0.2) is 5.69 Å². The summed E-state index contributed by atoms with van der Waals surface area (Å²) in [7, 11) is 3.55. The smallest absolute Gasteiger partial charge is 0.288 e. The number of alkyl halides is 3. The summed E-state index contributed by atoms with van der Waals surface area (Å²) in [5.74, 6) is 0. The number of hydrogen-bond acceptors (Lipinski definition) is 2. The molecule has 6 heteroatoms. The second-order valence-corrected chi connectivity index (χ2v) is 3.27. The van der Waals surface area contributed by atoms with Crippen molar-refractivity contribution in [1.29, 1.82) is 0 Å². The Balaban J connectivity index is 2.89. The van der Waals surface area contributed by atoms with Crippen molar-refractivity contribution in [3.8, 4) is 0 Å². The fourth-order valence-electron chi connectivity index (χ4n) is 0.934. The fourth-order valence-corrected chi connectivity index (χ4v) is 0.934. The first-order valence-electron chi connectivity index (χ1n) is 4.11. The normalized spacial score (nSPS) is 14.8. The highest BCUT2D eigenvalue weighted by Crippen LogP contribution is 2.27. The lowest BCUT2D eigenvalue weighted by Gasteiger charge is -2.19. The molecule has 0 N–H and O–H groups in total. The Morgan fingerprint density at radius 2 is 2.00 bits per heavy atom. The fraction of sp³-hybridized carbons (Fsp3) is 0.625. The van der Waals surface area contributed by atoms with Crippen LogP contribution in [0.3, 0.4) is 0 Å². The standard InChI is InChI=1S/C8H12F3N3/c1-6(13(2)3)14-5-4-7(12-14)8(9,10)11/h4-6H,1-3H3. The van der Waals surface area contributed by atoms with Gasteiger partial charge in [0.2, 0.25) is 0 Å². The Labute approximate surface area is 80.1 Å². The van der Waals surface area contributed by atoms with E-state index in [0.29, 0.717) is 0 Å². The molecule has 0 saturated heterocycles. The summed E-state index contributed by atoms with van der Waals surface area (Å²) >= 11 is 0. The number of rotatable bonds is 2. The van der Waals surface area contributed by atoms with Gasteiger partial charge in [0.05, 0.1) is 0 Å². The molecule has 0 aromatic carbocycles. The zero-order valence-electron chi connectivity index (χ0n) is 8.21. The van der Waals surface area contributed by atoms with Crippen LogP contribution in [0.4, 0.5) is 13.2 Å². The van der Waals surface area contributed by atoms with Crippen molar-refractivity contribution in [1.82, 2.24) is 14.7 Å². The summed E-state index contributed by atoms with van der Waals surface area (Å²) in [6, 6.07) is 0.972. The molecule has 0 aliphatic carbocycles. The SMILES string of the molecule is CC(N(C)C)n1ccc(C(F)(F)F)n1. The summed E-state index contributed by atoms with van der Waals surface area (Å²) in [5.41, 5.74) is -0.855. The molecular formula is C8H12F3N3. The average Bonchev–Trinajstić information content (AvgIpc) is 2.49. The van der Waals surface area contributed by atoms with Crippen molar-refractivity contribution in [2.24, 2.45) is 0 Å². The molecular weight excluding hydrogens is 195 g/mol. The van der Waals surface area contributed by atoms with Crippen LogP contribution in [-0.2, 0) is 6.18 Å². The van der Waals surface area contributed by atoms with Crippen molar-refractivity contribution in [3.63, 3.8) is 0 Å². The molecule has 0 bridgehead atoms. The molecule has 14 heavy (non-hydrogen) atoms. The molecule has 0 radical (unpaired) electrons. The van der Waals surface area contributed by atoms with E-state index in [1.165, 1.54) is 10.9 Å². The van der Waals surface area contributed by atoms with E-state index in [1.54, 1.807) is 25.9 Å². The van der Waals surface area contributed by atoms with Crippen LogP contribution >= 0.6 is 0 Å². The van der Waals surface area contributed by atoms with E-state index in [4.69, 9.17) is 0 Å². The summed E-state index contributed by atoms with van der Waals surface area (Å²) in [5, 5.41) is 3.45. The third-order valence-corrected chi connectivity index (χ3v) is 2.03. The quantitative estimate of drug-likeness (QED) is 0.739. The van der Waals surface area contributed by atoms with E-state index in [9.17, 15) is 13.2 Å². The Kier molecular flexibility index (Phi) is 2.84. The number of halogens is 3. The first-order valence-corrected chi connectivity index (χ1v) is 4.11. The summed E-state index contributed by atoms with van der Waals surface area (Å²) in [6.07, 6.45) is -3.23. The highest BCUT2D eigenvalue weighted by Gasteiger charge is 2.33. The predicted molar refractivity (Wildman–Crippen MR) is 45.6 cm³/mol. The minimum absolute atomic E-state index is 0.189. The molecule has 1 rings (SSSR count). The van der Waals surface area contributed by atoms with Crippen LogP contribution in [0.5, 0.6) is 0 Å². The largest absolute Gasteiger partial charge is 0.435 e. The van der Waals surface area contributed by atoms with Crippen molar-refractivity contribution in [2.75, 3.05) is 14.1 Å². The van der Waals surface area contributed by atoms with Gasteiger partial charge in [-0.3, -0.25) is 9.58 Å². The molecule has 1 atom stereocenters. The van der Waals surface area contributed by atoms with Crippen molar-refractivity contribution in [3.05, 3.63) is 18.0 Å². The van der Waals surface area contributed by atoms with Crippen molar-refractivity contribution in [2.45, 2.75) is 19.3 Å². The maximum Gasteiger partial charge on any atom is 0.435 e. The molecule has 3 nitrogen and oxygen atoms in total. The maximum absolute atomic E-state index is 12.2. The molecule has 0 spiro atoms. The molecule has 1 aromatic heterocycles. The molecule has 1 unspecified atom stereocenters. The lowest BCUT2D eigenvalue weighted by Crippen LogP contribution is -2.23. The van der Waals surface area contributed by atoms with E-state index in [1.807, 2.05) is 0 Å². The van der Waals surface area contributed by atoms with Gasteiger partial charge in [-0.25, -0.2) is 0 Å². The maximum atomic E-state index is 12.2. The first kappa shape index (κ1) is 11.0. The van der Waals surface area contributed by atoms with Gasteiger partial charge in [0, 0.05) is 6.20 Å². The minimum atomic E-state index is -4.36. The average molecular weight is 207 g/mol. The second kappa shape index (κ2) is 3.61. The summed E-state index contributed by atoms with van der Waals surface area (Å²) in [4.78, 5) is 1.77. The number of aromatic nitrogens is 2. The molecule has 0 saturated carbocycles. The molecule has 1 aromatic rings. The van der Waals surface area contributed by atoms with Gasteiger partial charge in [-0.05, 0) is 27.1 Å². The lowest BCUT2D eigenvalue weighted by atomic mass is 10.4. The lowest BCUT2D eigenvalue weighted by molar-refractivity contribution is -0.141. The number of hydrogen-bond donors (Lipinski definition) is 0. The molecule has 0 aliphatic heterocycles. The Morgan fingerprint density at radius 3 is 2.36 bits per heavy atom. The van der Waals surface area contributed by atoms with E-state index >= 15 is 0 Å². The van der Waals surface area contributed by atoms with Crippen LogP contribution in [0, 0.1) is 0 Å². The topological polar surface area (TPSA) is 21.1 Å². The molecule has 0 amide bonds. The first-order chi connectivity index (χ1) is 6.32. The highest BCUT2D eigenvalue weighted by molar-refractivity contribution is 5.03. The summed E-state index contributed by atoms with van der Waals surface area (Å²) < 4.78 is 37.8. The van der Waals surface area contributed by atoms with Crippen LogP contribution in [0.1, 0.15) is 18.8 Å². The zero-order chi connectivity index (χ0) is 10.9. The monoisotopic (exact) mass is 207 g/mol. The van der Waals surface area contributed by atoms with Gasteiger partial charge < -0.3 is 0 Å². The molecule has 0 aliphatic rings. The van der Waals surface area contributed by atoms with Gasteiger partial charge in [0.1, 0.15) is 6.17 Å². The van der Waals surface area contributed by atoms with Crippen LogP contribution in [0.2, 0.25) is 0 Å². The van der Waals surface area contributed by atoms with E-state index in [0.717, 1.165) is 6.07 Å². The van der Waals surface area contributed by atoms with Gasteiger partial charge >= 0.3 is 6.18 Å². The van der Waals surface area contributed by atoms with E-state index < -0.39 is 11.9 Å². The van der Waals surface area contributed by atoms with Crippen molar-refractivity contribution < 1.29 is 13.2 Å². The highest BCUT2D eigenvalue weighted by atomic mass is 19.4. The molecule has 1 heterocycles. The van der Waals surface area contributed by atoms with Crippen LogP contribution in [-0.4, -0.2) is 28.8 Å². The number of nitrogens with zero attached hydrogens (tertiary/aromatic N) is 3. The van der Waals surface area contributed by atoms with Gasteiger partial charge in [-0.2, -0.15) is 18.3 Å². The van der Waals surface area contributed by atoms with Crippen LogP contribution < -0.4 is 0 Å². The van der Waals surface area contributed by atoms with E-state index in [-0.39, 0.29) is 6.17 Å². The second-order valence-electron chi connectivity index (χ2n) is 3.27. The van der Waals surface area contributed by atoms with Gasteiger partial charge in [0.25, 0.3) is 0 Å². The van der Waals surface area contributed by atoms with Gasteiger partial charge in [-0.15, -0.1) is 0 Å². The third-order valence-electron chi connectivity index (χ3n) is 2.03. The van der Waals surface area contributed by atoms with E-state index in [2.05, 4.69) is 5.10 Å². The Morgan fingerprint density at radius 1 is 1.43 bits per heavy atom. The molecule has 80 valence electrons. The Bertz CT molecular complexity index is 303. The van der Waals surface area contributed by atoms with Crippen LogP contribution in [0.25, 0.3) is 0 Å². The Hall–Kier alpha value is -1.04. The summed E-state index contributed by atoms with van der Waals surface area (Å²) in [6.45, 7) is 1.77. The zero-order valence-corrected chi connectivity index (χ0v) is 8.21. The molecule has 0 fully saturated rings. The van der Waals surface area contributed by atoms with Gasteiger partial charge in [-0.1, -0.05) is 0 Å².